The first-order valence-corrected chi connectivity index (χ1v) is 9.59. The molecule has 4 rings (SSSR count). The summed E-state index contributed by atoms with van der Waals surface area (Å²) in [5, 5.41) is 8.73. The summed E-state index contributed by atoms with van der Waals surface area (Å²) in [4.78, 5) is 16.2. The highest BCUT2D eigenvalue weighted by Crippen LogP contribution is 2.27. The maximum Gasteiger partial charge on any atom is 0.343 e. The van der Waals surface area contributed by atoms with Crippen LogP contribution in [-0.4, -0.2) is 32.3 Å². The van der Waals surface area contributed by atoms with Crippen LogP contribution in [0.15, 0.2) is 42.6 Å². The topological polar surface area (TPSA) is 79.1 Å². The van der Waals surface area contributed by atoms with Crippen LogP contribution < -0.4 is 4.74 Å². The third-order valence-electron chi connectivity index (χ3n) is 4.70. The van der Waals surface area contributed by atoms with E-state index in [1.54, 1.807) is 25.3 Å². The number of rotatable bonds is 5. The fourth-order valence-electron chi connectivity index (χ4n) is 3.32. The number of pyridine rings is 1. The van der Waals surface area contributed by atoms with Gasteiger partial charge in [-0.2, -0.15) is 0 Å². The van der Waals surface area contributed by atoms with Gasteiger partial charge < -0.3 is 14.0 Å². The van der Waals surface area contributed by atoms with Crippen molar-refractivity contribution in [3.63, 3.8) is 0 Å². The molecule has 0 fully saturated rings. The first-order chi connectivity index (χ1) is 13.8. The molecule has 1 aliphatic heterocycles. The minimum Gasteiger partial charge on any atom is -0.462 e. The third-order valence-corrected chi connectivity index (χ3v) is 4.70. The maximum absolute atomic E-state index is 12.1. The summed E-state index contributed by atoms with van der Waals surface area (Å²) in [6.07, 6.45) is 6.10. The fourth-order valence-corrected chi connectivity index (χ4v) is 3.32. The first-order valence-electron chi connectivity index (χ1n) is 9.59. The van der Waals surface area contributed by atoms with E-state index in [4.69, 9.17) is 9.47 Å². The standard InChI is InChI=1S/C21H22N4O3/c1-2-27-21(26)17-7-6-13-22-20(17)28-16-11-9-15(10-12-16)19-24-23-18-8-4-3-5-14-25(18)19/h6-7,9-13H,2-5,8,14H2,1H3. The SMILES string of the molecule is CCOC(=O)c1cccnc1Oc1ccc(-c2nnc3n2CCCCC3)cc1. The zero-order valence-corrected chi connectivity index (χ0v) is 15.8. The number of fused-ring (bicyclic) bond motifs is 1. The molecule has 0 saturated carbocycles. The molecular weight excluding hydrogens is 356 g/mol. The van der Waals surface area contributed by atoms with Gasteiger partial charge in [-0.3, -0.25) is 0 Å². The summed E-state index contributed by atoms with van der Waals surface area (Å²) in [5.41, 5.74) is 1.29. The number of ether oxygens (including phenoxy) is 2. The van der Waals surface area contributed by atoms with Crippen LogP contribution in [0.5, 0.6) is 11.6 Å². The van der Waals surface area contributed by atoms with Gasteiger partial charge in [0.2, 0.25) is 5.88 Å². The number of aryl methyl sites for hydroxylation is 1. The van der Waals surface area contributed by atoms with Crippen molar-refractivity contribution in [2.75, 3.05) is 6.61 Å². The van der Waals surface area contributed by atoms with E-state index in [1.165, 1.54) is 6.42 Å². The number of benzene rings is 1. The Balaban J connectivity index is 1.56. The highest BCUT2D eigenvalue weighted by Gasteiger charge is 2.17. The largest absolute Gasteiger partial charge is 0.462 e. The smallest absolute Gasteiger partial charge is 0.343 e. The van der Waals surface area contributed by atoms with Crippen LogP contribution in [0.4, 0.5) is 0 Å². The molecule has 0 radical (unpaired) electrons. The van der Waals surface area contributed by atoms with Gasteiger partial charge in [0.15, 0.2) is 5.82 Å². The summed E-state index contributed by atoms with van der Waals surface area (Å²) < 4.78 is 13.1. The number of esters is 1. The average molecular weight is 378 g/mol. The first kappa shape index (κ1) is 18.2. The van der Waals surface area contributed by atoms with E-state index in [9.17, 15) is 4.79 Å². The van der Waals surface area contributed by atoms with Crippen molar-refractivity contribution < 1.29 is 14.3 Å². The lowest BCUT2D eigenvalue weighted by Crippen LogP contribution is -2.07. The predicted molar refractivity (Wildman–Crippen MR) is 103 cm³/mol. The van der Waals surface area contributed by atoms with Crippen LogP contribution in [0.3, 0.4) is 0 Å². The third kappa shape index (κ3) is 3.74. The number of carbonyl (C=O) groups is 1. The Labute approximate surface area is 163 Å². The molecule has 0 N–H and O–H groups in total. The minimum absolute atomic E-state index is 0.227. The van der Waals surface area contributed by atoms with Crippen LogP contribution in [0, 0.1) is 0 Å². The lowest BCUT2D eigenvalue weighted by molar-refractivity contribution is 0.0522. The highest BCUT2D eigenvalue weighted by molar-refractivity contribution is 5.91. The van der Waals surface area contributed by atoms with Crippen LogP contribution in [-0.2, 0) is 17.7 Å². The molecule has 1 aromatic carbocycles. The highest BCUT2D eigenvalue weighted by atomic mass is 16.5. The lowest BCUT2D eigenvalue weighted by atomic mass is 10.2. The van der Waals surface area contributed by atoms with Crippen molar-refractivity contribution in [3.8, 4) is 23.0 Å². The number of aromatic nitrogens is 4. The molecule has 3 aromatic rings. The predicted octanol–water partition coefficient (Wildman–Crippen LogP) is 4.04. The van der Waals surface area contributed by atoms with Crippen molar-refractivity contribution in [2.45, 2.75) is 39.2 Å². The quantitative estimate of drug-likeness (QED) is 0.624. The second-order valence-electron chi connectivity index (χ2n) is 6.61. The van der Waals surface area contributed by atoms with E-state index in [0.717, 1.165) is 43.0 Å². The Morgan fingerprint density at radius 2 is 1.96 bits per heavy atom. The van der Waals surface area contributed by atoms with Gasteiger partial charge in [0.25, 0.3) is 0 Å². The normalized spacial score (nSPS) is 13.5. The van der Waals surface area contributed by atoms with E-state index >= 15 is 0 Å². The van der Waals surface area contributed by atoms with Crippen molar-refractivity contribution >= 4 is 5.97 Å². The zero-order chi connectivity index (χ0) is 19.3. The van der Waals surface area contributed by atoms with Crippen molar-refractivity contribution in [1.29, 1.82) is 0 Å². The van der Waals surface area contributed by atoms with Crippen molar-refractivity contribution in [1.82, 2.24) is 19.7 Å². The Hall–Kier alpha value is -3.22. The second kappa shape index (κ2) is 8.21. The summed E-state index contributed by atoms with van der Waals surface area (Å²) >= 11 is 0. The molecule has 0 amide bonds. The monoisotopic (exact) mass is 378 g/mol. The van der Waals surface area contributed by atoms with Crippen LogP contribution in [0.25, 0.3) is 11.4 Å². The zero-order valence-electron chi connectivity index (χ0n) is 15.8. The molecule has 7 nitrogen and oxygen atoms in total. The van der Waals surface area contributed by atoms with Crippen LogP contribution in [0.1, 0.15) is 42.4 Å². The summed E-state index contributed by atoms with van der Waals surface area (Å²) in [7, 11) is 0. The van der Waals surface area contributed by atoms with E-state index < -0.39 is 5.97 Å². The van der Waals surface area contributed by atoms with Gasteiger partial charge in [0.05, 0.1) is 6.61 Å². The van der Waals surface area contributed by atoms with E-state index in [0.29, 0.717) is 17.9 Å². The molecule has 0 bridgehead atoms. The maximum atomic E-state index is 12.1. The van der Waals surface area contributed by atoms with Crippen LogP contribution >= 0.6 is 0 Å². The average Bonchev–Trinajstić information content (AvgIpc) is 2.97. The second-order valence-corrected chi connectivity index (χ2v) is 6.61. The van der Waals surface area contributed by atoms with E-state index in [2.05, 4.69) is 19.7 Å². The van der Waals surface area contributed by atoms with Gasteiger partial charge >= 0.3 is 5.97 Å². The number of hydrogen-bond donors (Lipinski definition) is 0. The molecule has 7 heteroatoms. The van der Waals surface area contributed by atoms with Gasteiger partial charge in [-0.25, -0.2) is 9.78 Å². The lowest BCUT2D eigenvalue weighted by Gasteiger charge is -2.10. The summed E-state index contributed by atoms with van der Waals surface area (Å²) in [5.74, 6) is 2.30. The molecule has 2 aromatic heterocycles. The van der Waals surface area contributed by atoms with Gasteiger partial charge in [-0.1, -0.05) is 6.42 Å². The molecule has 1 aliphatic rings. The summed E-state index contributed by atoms with van der Waals surface area (Å²) in [6.45, 7) is 3.01. The molecule has 144 valence electrons. The Morgan fingerprint density at radius 1 is 1.11 bits per heavy atom. The molecule has 0 saturated heterocycles. The molecule has 0 spiro atoms. The fraction of sp³-hybridized carbons (Fsp3) is 0.333. The van der Waals surface area contributed by atoms with Crippen LogP contribution in [0.2, 0.25) is 0 Å². The molecule has 3 heterocycles. The van der Waals surface area contributed by atoms with Gasteiger partial charge in [-0.15, -0.1) is 10.2 Å². The van der Waals surface area contributed by atoms with Crippen molar-refractivity contribution in [3.05, 3.63) is 54.0 Å². The molecule has 28 heavy (non-hydrogen) atoms. The molecule has 0 atom stereocenters. The van der Waals surface area contributed by atoms with Crippen molar-refractivity contribution in [2.24, 2.45) is 0 Å². The molecule has 0 unspecified atom stereocenters. The Morgan fingerprint density at radius 3 is 2.79 bits per heavy atom. The minimum atomic E-state index is -0.451. The van der Waals surface area contributed by atoms with E-state index in [1.807, 2.05) is 24.3 Å². The number of carbonyl (C=O) groups excluding carboxylic acids is 1. The van der Waals surface area contributed by atoms with Gasteiger partial charge in [0.1, 0.15) is 17.1 Å². The molecule has 0 aliphatic carbocycles. The number of hydrogen-bond acceptors (Lipinski definition) is 6. The Bertz CT molecular complexity index is 966. The Kier molecular flexibility index (Phi) is 5.32. The van der Waals surface area contributed by atoms with E-state index in [-0.39, 0.29) is 5.88 Å². The molecular formula is C21H22N4O3. The summed E-state index contributed by atoms with van der Waals surface area (Å²) in [6, 6.07) is 10.9. The van der Waals surface area contributed by atoms with Gasteiger partial charge in [-0.05, 0) is 56.2 Å². The van der Waals surface area contributed by atoms with Gasteiger partial charge in [0, 0.05) is 24.7 Å². The number of nitrogens with zero attached hydrogens (tertiary/aromatic N) is 4.